The Labute approximate surface area is 164 Å². The Morgan fingerprint density at radius 3 is 2.50 bits per heavy atom. The highest BCUT2D eigenvalue weighted by Gasteiger charge is 2.36. The maximum atomic E-state index is 13.0. The van der Waals surface area contributed by atoms with Gasteiger partial charge in [-0.1, -0.05) is 0 Å². The third-order valence-corrected chi connectivity index (χ3v) is 6.00. The number of hydrogen-bond acceptors (Lipinski definition) is 5. The van der Waals surface area contributed by atoms with Crippen LogP contribution in [0.4, 0.5) is 0 Å². The van der Waals surface area contributed by atoms with Crippen molar-refractivity contribution >= 4 is 17.5 Å². The van der Waals surface area contributed by atoms with E-state index < -0.39 is 0 Å². The van der Waals surface area contributed by atoms with Crippen LogP contribution in [0.15, 0.2) is 6.07 Å². The summed E-state index contributed by atoms with van der Waals surface area (Å²) in [5, 5.41) is 7.66. The number of piperidine rings is 1. The maximum Gasteiger partial charge on any atom is 0.257 e. The molecule has 28 heavy (non-hydrogen) atoms. The molecule has 0 bridgehead atoms. The molecule has 2 aliphatic heterocycles. The molecule has 0 radical (unpaired) electrons. The van der Waals surface area contributed by atoms with Gasteiger partial charge in [0.15, 0.2) is 5.65 Å². The summed E-state index contributed by atoms with van der Waals surface area (Å²) in [6, 6.07) is 2.08. The first-order chi connectivity index (χ1) is 13.3. The van der Waals surface area contributed by atoms with Gasteiger partial charge in [0.2, 0.25) is 5.91 Å². The molecule has 2 amide bonds. The van der Waals surface area contributed by atoms with Crippen LogP contribution in [0.3, 0.4) is 0 Å². The zero-order chi connectivity index (χ0) is 20.0. The van der Waals surface area contributed by atoms with Gasteiger partial charge in [0.1, 0.15) is 5.56 Å². The lowest BCUT2D eigenvalue weighted by Crippen LogP contribution is -2.50. The first kappa shape index (κ1) is 18.9. The van der Waals surface area contributed by atoms with Crippen LogP contribution < -0.4 is 5.32 Å². The van der Waals surface area contributed by atoms with E-state index in [0.29, 0.717) is 16.9 Å². The van der Waals surface area contributed by atoms with Crippen LogP contribution in [0.25, 0.3) is 5.65 Å². The molecule has 1 unspecified atom stereocenters. The van der Waals surface area contributed by atoms with Gasteiger partial charge in [-0.2, -0.15) is 5.10 Å². The first-order valence-corrected chi connectivity index (χ1v) is 9.98. The minimum absolute atomic E-state index is 0.0127. The van der Waals surface area contributed by atoms with Crippen molar-refractivity contribution in [2.75, 3.05) is 26.7 Å². The molecule has 2 aromatic heterocycles. The molecule has 2 aromatic rings. The molecule has 2 aliphatic rings. The molecule has 1 N–H and O–H groups in total. The van der Waals surface area contributed by atoms with Crippen LogP contribution in [0.2, 0.25) is 0 Å². The van der Waals surface area contributed by atoms with Crippen LogP contribution >= 0.6 is 0 Å². The van der Waals surface area contributed by atoms with E-state index >= 15 is 0 Å². The second-order valence-corrected chi connectivity index (χ2v) is 8.08. The zero-order valence-corrected chi connectivity index (χ0v) is 17.0. The van der Waals surface area contributed by atoms with E-state index in [1.165, 1.54) is 0 Å². The summed E-state index contributed by atoms with van der Waals surface area (Å²) < 4.78 is 1.74. The number of nitrogens with one attached hydrogen (secondary N) is 1. The molecule has 4 rings (SSSR count). The zero-order valence-electron chi connectivity index (χ0n) is 17.0. The maximum absolute atomic E-state index is 13.0. The van der Waals surface area contributed by atoms with Crippen LogP contribution in [0.1, 0.15) is 46.7 Å². The molecule has 150 valence electrons. The summed E-state index contributed by atoms with van der Waals surface area (Å²) in [4.78, 5) is 33.8. The predicted octanol–water partition coefficient (Wildman–Crippen LogP) is 1.08. The summed E-state index contributed by atoms with van der Waals surface area (Å²) in [6.07, 6.45) is 2.60. The Hall–Kier alpha value is -2.48. The number of carbonyl (C=O) groups is 2. The number of likely N-dealkylation sites (tertiary alicyclic amines) is 2. The van der Waals surface area contributed by atoms with Crippen molar-refractivity contribution in [3.8, 4) is 0 Å². The molecule has 2 saturated heterocycles. The quantitative estimate of drug-likeness (QED) is 0.856. The lowest BCUT2D eigenvalue weighted by atomic mass is 10.0. The number of likely N-dealkylation sites (N-methyl/N-ethyl adjacent to an activating group) is 1. The summed E-state index contributed by atoms with van der Waals surface area (Å²) in [6.45, 7) is 8.24. The number of rotatable bonds is 3. The fourth-order valence-electron chi connectivity index (χ4n) is 4.45. The molecule has 0 aromatic carbocycles. The Balaban J connectivity index is 1.44. The normalized spacial score (nSPS) is 21.6. The molecule has 0 aliphatic carbocycles. The fourth-order valence-corrected chi connectivity index (χ4v) is 4.45. The van der Waals surface area contributed by atoms with Crippen LogP contribution in [-0.2, 0) is 4.79 Å². The van der Waals surface area contributed by atoms with Gasteiger partial charge < -0.3 is 10.2 Å². The van der Waals surface area contributed by atoms with Crippen molar-refractivity contribution < 1.29 is 9.59 Å². The monoisotopic (exact) mass is 384 g/mol. The standard InChI is InChI=1S/C20H28N6O2/c1-12-11-13(2)26-18(21-12)17(14(3)23-26)19(27)22-15-5-9-25(10-6-15)16-7-8-24(4)20(16)28/h11,15-16H,5-10H2,1-4H3,(H,22,27). The van der Waals surface area contributed by atoms with Gasteiger partial charge in [-0.15, -0.1) is 0 Å². The molecular weight excluding hydrogens is 356 g/mol. The molecule has 1 atom stereocenters. The lowest BCUT2D eigenvalue weighted by Gasteiger charge is -2.35. The van der Waals surface area contributed by atoms with Gasteiger partial charge in [0.25, 0.3) is 5.91 Å². The van der Waals surface area contributed by atoms with Gasteiger partial charge in [-0.05, 0) is 46.1 Å². The minimum atomic E-state index is -0.111. The van der Waals surface area contributed by atoms with Crippen molar-refractivity contribution in [1.82, 2.24) is 29.7 Å². The van der Waals surface area contributed by atoms with E-state index in [4.69, 9.17) is 0 Å². The number of nitrogens with zero attached hydrogens (tertiary/aromatic N) is 5. The predicted molar refractivity (Wildman–Crippen MR) is 105 cm³/mol. The molecule has 8 nitrogen and oxygen atoms in total. The molecule has 4 heterocycles. The third kappa shape index (κ3) is 3.26. The first-order valence-electron chi connectivity index (χ1n) is 9.98. The van der Waals surface area contributed by atoms with Gasteiger partial charge in [-0.25, -0.2) is 9.50 Å². The van der Waals surface area contributed by atoms with Crippen molar-refractivity contribution in [2.45, 2.75) is 52.1 Å². The van der Waals surface area contributed by atoms with E-state index in [1.807, 2.05) is 38.8 Å². The van der Waals surface area contributed by atoms with E-state index in [-0.39, 0.29) is 23.9 Å². The van der Waals surface area contributed by atoms with E-state index in [9.17, 15) is 9.59 Å². The van der Waals surface area contributed by atoms with Crippen molar-refractivity contribution in [3.63, 3.8) is 0 Å². The third-order valence-electron chi connectivity index (χ3n) is 6.00. The van der Waals surface area contributed by atoms with Crippen LogP contribution in [0, 0.1) is 20.8 Å². The average Bonchev–Trinajstić information content (AvgIpc) is 3.15. The fraction of sp³-hybridized carbons (Fsp3) is 0.600. The highest BCUT2D eigenvalue weighted by Crippen LogP contribution is 2.22. The van der Waals surface area contributed by atoms with Gasteiger partial charge in [0, 0.05) is 44.1 Å². The van der Waals surface area contributed by atoms with Crippen molar-refractivity contribution in [3.05, 3.63) is 28.7 Å². The Kier molecular flexibility index (Phi) is 4.82. The molecule has 0 saturated carbocycles. The minimum Gasteiger partial charge on any atom is -0.349 e. The number of aromatic nitrogens is 3. The SMILES string of the molecule is Cc1cc(C)n2nc(C)c(C(=O)NC3CCN(C4CCN(C)C4=O)CC3)c2n1. The lowest BCUT2D eigenvalue weighted by molar-refractivity contribution is -0.131. The summed E-state index contributed by atoms with van der Waals surface area (Å²) in [7, 11) is 1.87. The van der Waals surface area contributed by atoms with Gasteiger partial charge in [0.05, 0.1) is 11.7 Å². The number of amides is 2. The number of carbonyl (C=O) groups excluding carboxylic acids is 2. The van der Waals surface area contributed by atoms with Gasteiger partial charge >= 0.3 is 0 Å². The van der Waals surface area contributed by atoms with E-state index in [1.54, 1.807) is 4.52 Å². The summed E-state index contributed by atoms with van der Waals surface area (Å²) in [5.74, 6) is 0.112. The molecule has 8 heteroatoms. The molecule has 0 spiro atoms. The second-order valence-electron chi connectivity index (χ2n) is 8.08. The van der Waals surface area contributed by atoms with Crippen molar-refractivity contribution in [2.24, 2.45) is 0 Å². The Bertz CT molecular complexity index is 928. The van der Waals surface area contributed by atoms with Crippen LogP contribution in [0.5, 0.6) is 0 Å². The topological polar surface area (TPSA) is 82.8 Å². The number of fused-ring (bicyclic) bond motifs is 1. The van der Waals surface area contributed by atoms with E-state index in [2.05, 4.69) is 20.3 Å². The van der Waals surface area contributed by atoms with E-state index in [0.717, 1.165) is 50.3 Å². The Morgan fingerprint density at radius 1 is 1.14 bits per heavy atom. The summed E-state index contributed by atoms with van der Waals surface area (Å²) >= 11 is 0. The number of aryl methyl sites for hydroxylation is 3. The highest BCUT2D eigenvalue weighted by atomic mass is 16.2. The smallest absolute Gasteiger partial charge is 0.257 e. The van der Waals surface area contributed by atoms with Crippen molar-refractivity contribution in [1.29, 1.82) is 0 Å². The highest BCUT2D eigenvalue weighted by molar-refractivity contribution is 6.01. The summed E-state index contributed by atoms with van der Waals surface area (Å²) in [5.41, 5.74) is 3.70. The molecular formula is C20H28N6O2. The second kappa shape index (κ2) is 7.16. The molecule has 2 fully saturated rings. The Morgan fingerprint density at radius 2 is 1.86 bits per heavy atom. The number of hydrogen-bond donors (Lipinski definition) is 1. The van der Waals surface area contributed by atoms with Crippen LogP contribution in [-0.4, -0.2) is 75.0 Å². The average molecular weight is 384 g/mol. The largest absolute Gasteiger partial charge is 0.349 e. The van der Waals surface area contributed by atoms with Gasteiger partial charge in [-0.3, -0.25) is 14.5 Å².